The zero-order valence-electron chi connectivity index (χ0n) is 9.47. The zero-order chi connectivity index (χ0) is 11.2. The van der Waals surface area contributed by atoms with Crippen molar-refractivity contribution in [2.24, 2.45) is 5.73 Å². The first-order valence-corrected chi connectivity index (χ1v) is 5.85. The second kappa shape index (κ2) is 5.99. The molecule has 2 atom stereocenters. The van der Waals surface area contributed by atoms with Crippen LogP contribution in [0.15, 0.2) is 30.3 Å². The fourth-order valence-corrected chi connectivity index (χ4v) is 1.87. The highest BCUT2D eigenvalue weighted by molar-refractivity contribution is 5.14. The van der Waals surface area contributed by atoms with Gasteiger partial charge in [-0.25, -0.2) is 0 Å². The maximum Gasteiger partial charge on any atom is 0.0959 e. The van der Waals surface area contributed by atoms with Crippen molar-refractivity contribution in [3.63, 3.8) is 0 Å². The van der Waals surface area contributed by atoms with Crippen LogP contribution in [0, 0.1) is 0 Å². The van der Waals surface area contributed by atoms with Crippen molar-refractivity contribution in [3.8, 4) is 0 Å². The molecule has 1 fully saturated rings. The van der Waals surface area contributed by atoms with Crippen molar-refractivity contribution >= 4 is 0 Å². The van der Waals surface area contributed by atoms with Gasteiger partial charge in [0.05, 0.1) is 19.3 Å². The Bertz CT molecular complexity index is 302. The van der Waals surface area contributed by atoms with E-state index in [1.165, 1.54) is 5.56 Å². The summed E-state index contributed by atoms with van der Waals surface area (Å²) in [4.78, 5) is 0. The molecule has 0 saturated carbocycles. The molecule has 3 nitrogen and oxygen atoms in total. The van der Waals surface area contributed by atoms with Crippen LogP contribution in [0.2, 0.25) is 0 Å². The number of nitrogens with two attached hydrogens (primary N) is 1. The third-order valence-electron chi connectivity index (χ3n) is 2.92. The molecule has 2 N–H and O–H groups in total. The Morgan fingerprint density at radius 3 is 2.88 bits per heavy atom. The zero-order valence-corrected chi connectivity index (χ0v) is 9.47. The molecule has 16 heavy (non-hydrogen) atoms. The van der Waals surface area contributed by atoms with E-state index < -0.39 is 0 Å². The fraction of sp³-hybridized carbons (Fsp3) is 0.538. The topological polar surface area (TPSA) is 44.5 Å². The monoisotopic (exact) mass is 221 g/mol. The molecule has 0 spiro atoms. The molecule has 0 amide bonds. The van der Waals surface area contributed by atoms with Gasteiger partial charge in [0, 0.05) is 12.6 Å². The molecule has 0 aromatic heterocycles. The Kier molecular flexibility index (Phi) is 4.34. The van der Waals surface area contributed by atoms with Gasteiger partial charge < -0.3 is 15.2 Å². The largest absolute Gasteiger partial charge is 0.379 e. The van der Waals surface area contributed by atoms with Crippen LogP contribution in [0.5, 0.6) is 0 Å². The molecule has 1 heterocycles. The summed E-state index contributed by atoms with van der Waals surface area (Å²) in [5.41, 5.74) is 7.25. The molecule has 3 heteroatoms. The molecule has 1 saturated heterocycles. The minimum atomic E-state index is 0.0671. The van der Waals surface area contributed by atoms with Gasteiger partial charge in [-0.3, -0.25) is 0 Å². The summed E-state index contributed by atoms with van der Waals surface area (Å²) in [6.45, 7) is 2.11. The molecule has 2 rings (SSSR count). The number of benzene rings is 1. The first kappa shape index (κ1) is 11.6. The van der Waals surface area contributed by atoms with E-state index in [2.05, 4.69) is 12.1 Å². The molecule has 2 unspecified atom stereocenters. The van der Waals surface area contributed by atoms with Crippen molar-refractivity contribution in [1.82, 2.24) is 0 Å². The average Bonchev–Trinajstić information content (AvgIpc) is 2.33. The van der Waals surface area contributed by atoms with Gasteiger partial charge in [-0.1, -0.05) is 30.3 Å². The quantitative estimate of drug-likeness (QED) is 0.835. The van der Waals surface area contributed by atoms with Crippen LogP contribution in [-0.2, 0) is 15.9 Å². The molecule has 0 aliphatic carbocycles. The van der Waals surface area contributed by atoms with Gasteiger partial charge in [0.1, 0.15) is 0 Å². The van der Waals surface area contributed by atoms with Gasteiger partial charge in [-0.2, -0.15) is 0 Å². The summed E-state index contributed by atoms with van der Waals surface area (Å²) in [5, 5.41) is 0. The fourth-order valence-electron chi connectivity index (χ4n) is 1.87. The molecular formula is C13H19NO2. The van der Waals surface area contributed by atoms with E-state index in [0.717, 1.165) is 19.4 Å². The summed E-state index contributed by atoms with van der Waals surface area (Å²) >= 11 is 0. The van der Waals surface area contributed by atoms with Crippen LogP contribution in [-0.4, -0.2) is 32.0 Å². The van der Waals surface area contributed by atoms with E-state index in [0.29, 0.717) is 13.2 Å². The smallest absolute Gasteiger partial charge is 0.0959 e. The van der Waals surface area contributed by atoms with Gasteiger partial charge in [0.25, 0.3) is 0 Å². The lowest BCUT2D eigenvalue weighted by molar-refractivity contribution is -0.0601. The maximum atomic E-state index is 5.95. The van der Waals surface area contributed by atoms with Crippen LogP contribution in [0.1, 0.15) is 12.0 Å². The first-order chi connectivity index (χ1) is 7.86. The van der Waals surface area contributed by atoms with Gasteiger partial charge >= 0.3 is 0 Å². The Balaban J connectivity index is 1.71. The van der Waals surface area contributed by atoms with Crippen LogP contribution in [0.25, 0.3) is 0 Å². The molecule has 1 aromatic rings. The van der Waals surface area contributed by atoms with Crippen molar-refractivity contribution in [2.75, 3.05) is 19.8 Å². The third kappa shape index (κ3) is 3.30. The third-order valence-corrected chi connectivity index (χ3v) is 2.92. The summed E-state index contributed by atoms with van der Waals surface area (Å²) < 4.78 is 11.1. The summed E-state index contributed by atoms with van der Waals surface area (Å²) in [7, 11) is 0. The molecule has 0 radical (unpaired) electrons. The number of hydrogen-bond acceptors (Lipinski definition) is 3. The van der Waals surface area contributed by atoms with Crippen molar-refractivity contribution in [3.05, 3.63) is 35.9 Å². The van der Waals surface area contributed by atoms with Gasteiger partial charge in [0.2, 0.25) is 0 Å². The predicted octanol–water partition coefficient (Wildman–Crippen LogP) is 1.36. The summed E-state index contributed by atoms with van der Waals surface area (Å²) in [6, 6.07) is 10.5. The van der Waals surface area contributed by atoms with E-state index in [-0.39, 0.29) is 12.1 Å². The molecule has 0 bridgehead atoms. The highest BCUT2D eigenvalue weighted by Crippen LogP contribution is 2.10. The van der Waals surface area contributed by atoms with E-state index in [4.69, 9.17) is 15.2 Å². The number of rotatable bonds is 4. The normalized spacial score (nSPS) is 25.6. The molecule has 1 aromatic carbocycles. The molecular weight excluding hydrogens is 202 g/mol. The van der Waals surface area contributed by atoms with Crippen molar-refractivity contribution in [2.45, 2.75) is 25.0 Å². The maximum absolute atomic E-state index is 5.95. The highest BCUT2D eigenvalue weighted by Gasteiger charge is 2.22. The van der Waals surface area contributed by atoms with E-state index in [9.17, 15) is 0 Å². The van der Waals surface area contributed by atoms with Crippen molar-refractivity contribution in [1.29, 1.82) is 0 Å². The van der Waals surface area contributed by atoms with Gasteiger partial charge in [-0.05, 0) is 18.4 Å². The Morgan fingerprint density at radius 1 is 1.31 bits per heavy atom. The van der Waals surface area contributed by atoms with E-state index in [1.54, 1.807) is 0 Å². The molecule has 1 aliphatic heterocycles. The molecule has 1 aliphatic rings. The van der Waals surface area contributed by atoms with E-state index >= 15 is 0 Å². The van der Waals surface area contributed by atoms with Crippen LogP contribution in [0.4, 0.5) is 0 Å². The SMILES string of the molecule is NC1CCOCC1OCCc1ccccc1. The second-order valence-corrected chi connectivity index (χ2v) is 4.17. The second-order valence-electron chi connectivity index (χ2n) is 4.17. The Morgan fingerprint density at radius 2 is 2.12 bits per heavy atom. The lowest BCUT2D eigenvalue weighted by atomic mass is 10.1. The minimum Gasteiger partial charge on any atom is -0.379 e. The van der Waals surface area contributed by atoms with Gasteiger partial charge in [-0.15, -0.1) is 0 Å². The number of ether oxygens (including phenoxy) is 2. The van der Waals surface area contributed by atoms with Crippen LogP contribution in [0.3, 0.4) is 0 Å². The first-order valence-electron chi connectivity index (χ1n) is 5.85. The summed E-state index contributed by atoms with van der Waals surface area (Å²) in [5.74, 6) is 0. The van der Waals surface area contributed by atoms with Gasteiger partial charge in [0.15, 0.2) is 0 Å². The van der Waals surface area contributed by atoms with Crippen LogP contribution >= 0.6 is 0 Å². The number of hydrogen-bond donors (Lipinski definition) is 1. The average molecular weight is 221 g/mol. The Hall–Kier alpha value is -0.900. The van der Waals surface area contributed by atoms with Crippen molar-refractivity contribution < 1.29 is 9.47 Å². The lowest BCUT2D eigenvalue weighted by Gasteiger charge is -2.28. The standard InChI is InChI=1S/C13H19NO2/c14-12-7-8-15-10-13(12)16-9-6-11-4-2-1-3-5-11/h1-5,12-13H,6-10,14H2. The predicted molar refractivity (Wildman–Crippen MR) is 63.3 cm³/mol. The van der Waals surface area contributed by atoms with Crippen LogP contribution < -0.4 is 5.73 Å². The van der Waals surface area contributed by atoms with E-state index in [1.807, 2.05) is 18.2 Å². The lowest BCUT2D eigenvalue weighted by Crippen LogP contribution is -2.44. The minimum absolute atomic E-state index is 0.0671. The Labute approximate surface area is 96.5 Å². The molecule has 88 valence electrons. The highest BCUT2D eigenvalue weighted by atomic mass is 16.5. The summed E-state index contributed by atoms with van der Waals surface area (Å²) in [6.07, 6.45) is 1.90.